The molecule has 0 aromatic carbocycles. The van der Waals surface area contributed by atoms with Crippen LogP contribution in [0, 0.1) is 6.92 Å². The molecule has 1 N–H and O–H groups in total. The van der Waals surface area contributed by atoms with Crippen LogP contribution in [0.5, 0.6) is 0 Å². The lowest BCUT2D eigenvalue weighted by molar-refractivity contribution is 0.167. The van der Waals surface area contributed by atoms with Gasteiger partial charge < -0.3 is 5.11 Å². The molecule has 16 heavy (non-hydrogen) atoms. The summed E-state index contributed by atoms with van der Waals surface area (Å²) in [6, 6.07) is 2.05. The standard InChI is InChI=1S/C13H21BrOS/c1-3-4-5-6-7-8-12(15)13-9-11(14)10(2)16-13/h9,12,15H,3-8H2,1-2H3. The molecule has 1 nitrogen and oxygen atoms in total. The summed E-state index contributed by atoms with van der Waals surface area (Å²) in [5.74, 6) is 0. The van der Waals surface area contributed by atoms with Gasteiger partial charge in [0.25, 0.3) is 0 Å². The zero-order valence-electron chi connectivity index (χ0n) is 10.1. The summed E-state index contributed by atoms with van der Waals surface area (Å²) in [5.41, 5.74) is 0. The van der Waals surface area contributed by atoms with Gasteiger partial charge in [-0.15, -0.1) is 11.3 Å². The largest absolute Gasteiger partial charge is 0.388 e. The van der Waals surface area contributed by atoms with Crippen LogP contribution in [0.3, 0.4) is 0 Å². The maximum atomic E-state index is 10.0. The van der Waals surface area contributed by atoms with Crippen LogP contribution in [0.2, 0.25) is 0 Å². The van der Waals surface area contributed by atoms with Gasteiger partial charge in [-0.2, -0.15) is 0 Å². The molecule has 0 spiro atoms. The maximum Gasteiger partial charge on any atom is 0.0882 e. The molecule has 0 fully saturated rings. The third-order valence-corrected chi connectivity index (χ3v) is 5.02. The second-order valence-electron chi connectivity index (χ2n) is 4.27. The third-order valence-electron chi connectivity index (χ3n) is 2.79. The van der Waals surface area contributed by atoms with Crippen molar-refractivity contribution < 1.29 is 5.11 Å². The third kappa shape index (κ3) is 4.56. The second-order valence-corrected chi connectivity index (χ2v) is 6.41. The van der Waals surface area contributed by atoms with Gasteiger partial charge in [-0.25, -0.2) is 0 Å². The van der Waals surface area contributed by atoms with E-state index in [-0.39, 0.29) is 6.10 Å². The summed E-state index contributed by atoms with van der Waals surface area (Å²) < 4.78 is 1.12. The van der Waals surface area contributed by atoms with Crippen molar-refractivity contribution in [3.8, 4) is 0 Å². The molecule has 1 aromatic heterocycles. The van der Waals surface area contributed by atoms with Crippen molar-refractivity contribution in [2.24, 2.45) is 0 Å². The number of halogens is 1. The Morgan fingerprint density at radius 1 is 1.31 bits per heavy atom. The van der Waals surface area contributed by atoms with E-state index in [1.807, 2.05) is 0 Å². The second kappa shape index (κ2) is 7.46. The van der Waals surface area contributed by atoms with Crippen molar-refractivity contribution in [1.29, 1.82) is 0 Å². The van der Waals surface area contributed by atoms with Crippen molar-refractivity contribution in [2.45, 2.75) is 58.5 Å². The lowest BCUT2D eigenvalue weighted by Gasteiger charge is -2.07. The molecule has 0 saturated carbocycles. The Hall–Kier alpha value is 0.140. The quantitative estimate of drug-likeness (QED) is 0.685. The smallest absolute Gasteiger partial charge is 0.0882 e. The lowest BCUT2D eigenvalue weighted by Crippen LogP contribution is -1.94. The molecule has 3 heteroatoms. The summed E-state index contributed by atoms with van der Waals surface area (Å²) in [7, 11) is 0. The average Bonchev–Trinajstić information content (AvgIpc) is 2.59. The first-order valence-corrected chi connectivity index (χ1v) is 7.70. The van der Waals surface area contributed by atoms with E-state index in [1.165, 1.54) is 30.6 Å². The van der Waals surface area contributed by atoms with Crippen LogP contribution < -0.4 is 0 Å². The van der Waals surface area contributed by atoms with Gasteiger partial charge in [-0.05, 0) is 35.3 Å². The van der Waals surface area contributed by atoms with Crippen LogP contribution in [0.1, 0.15) is 61.3 Å². The SMILES string of the molecule is CCCCCCCC(O)c1cc(Br)c(C)s1. The number of hydrogen-bond donors (Lipinski definition) is 1. The molecule has 1 unspecified atom stereocenters. The Bertz CT molecular complexity index is 289. The first-order chi connectivity index (χ1) is 7.65. The molecule has 92 valence electrons. The number of unbranched alkanes of at least 4 members (excludes halogenated alkanes) is 4. The summed E-state index contributed by atoms with van der Waals surface area (Å²) >= 11 is 5.18. The highest BCUT2D eigenvalue weighted by Crippen LogP contribution is 2.32. The maximum absolute atomic E-state index is 10.0. The number of hydrogen-bond acceptors (Lipinski definition) is 2. The molecule has 0 aliphatic carbocycles. The number of thiophene rings is 1. The molecule has 1 rings (SSSR count). The molecule has 0 radical (unpaired) electrons. The molecular formula is C13H21BrOS. The minimum atomic E-state index is -0.267. The van der Waals surface area contributed by atoms with Gasteiger partial charge in [0, 0.05) is 14.2 Å². The highest BCUT2D eigenvalue weighted by atomic mass is 79.9. The van der Waals surface area contributed by atoms with Crippen LogP contribution in [-0.2, 0) is 0 Å². The predicted octanol–water partition coefficient (Wildman–Crippen LogP) is 5.21. The van der Waals surface area contributed by atoms with Crippen molar-refractivity contribution in [3.05, 3.63) is 20.3 Å². The van der Waals surface area contributed by atoms with Gasteiger partial charge in [0.1, 0.15) is 0 Å². The zero-order valence-corrected chi connectivity index (χ0v) is 12.5. The molecule has 0 bridgehead atoms. The van der Waals surface area contributed by atoms with Crippen LogP contribution in [0.4, 0.5) is 0 Å². The average molecular weight is 305 g/mol. The lowest BCUT2D eigenvalue weighted by atomic mass is 10.1. The van der Waals surface area contributed by atoms with E-state index in [0.717, 1.165) is 22.2 Å². The number of aliphatic hydroxyl groups excluding tert-OH is 1. The predicted molar refractivity (Wildman–Crippen MR) is 75.1 cm³/mol. The summed E-state index contributed by atoms with van der Waals surface area (Å²) in [5, 5.41) is 10.0. The van der Waals surface area contributed by atoms with Crippen molar-refractivity contribution >= 4 is 27.3 Å². The minimum absolute atomic E-state index is 0.267. The Kier molecular flexibility index (Phi) is 6.62. The van der Waals surface area contributed by atoms with Crippen LogP contribution >= 0.6 is 27.3 Å². The molecule has 0 saturated heterocycles. The fourth-order valence-electron chi connectivity index (χ4n) is 1.73. The van der Waals surface area contributed by atoms with Gasteiger partial charge >= 0.3 is 0 Å². The van der Waals surface area contributed by atoms with Crippen molar-refractivity contribution in [2.75, 3.05) is 0 Å². The highest BCUT2D eigenvalue weighted by Gasteiger charge is 2.11. The number of rotatable bonds is 7. The van der Waals surface area contributed by atoms with Crippen LogP contribution in [0.25, 0.3) is 0 Å². The number of aliphatic hydroxyl groups is 1. The van der Waals surface area contributed by atoms with E-state index in [4.69, 9.17) is 0 Å². The van der Waals surface area contributed by atoms with E-state index in [1.54, 1.807) is 11.3 Å². The molecule has 1 heterocycles. The van der Waals surface area contributed by atoms with Gasteiger partial charge in [-0.1, -0.05) is 39.0 Å². The number of aryl methyl sites for hydroxylation is 1. The van der Waals surface area contributed by atoms with E-state index in [9.17, 15) is 5.11 Å². The minimum Gasteiger partial charge on any atom is -0.388 e. The van der Waals surface area contributed by atoms with E-state index in [0.29, 0.717) is 0 Å². The van der Waals surface area contributed by atoms with E-state index >= 15 is 0 Å². The molecule has 0 aliphatic rings. The molecule has 0 amide bonds. The van der Waals surface area contributed by atoms with Crippen molar-refractivity contribution in [3.63, 3.8) is 0 Å². The summed E-state index contributed by atoms with van der Waals surface area (Å²) in [6.07, 6.45) is 6.91. The highest BCUT2D eigenvalue weighted by molar-refractivity contribution is 9.10. The Morgan fingerprint density at radius 3 is 2.56 bits per heavy atom. The van der Waals surface area contributed by atoms with E-state index < -0.39 is 0 Å². The monoisotopic (exact) mass is 304 g/mol. The summed E-state index contributed by atoms with van der Waals surface area (Å²) in [6.45, 7) is 4.30. The Balaban J connectivity index is 2.27. The first-order valence-electron chi connectivity index (χ1n) is 6.09. The molecular weight excluding hydrogens is 284 g/mol. The van der Waals surface area contributed by atoms with Crippen molar-refractivity contribution in [1.82, 2.24) is 0 Å². The zero-order chi connectivity index (χ0) is 12.0. The van der Waals surface area contributed by atoms with Crippen LogP contribution in [-0.4, -0.2) is 5.11 Å². The fraction of sp³-hybridized carbons (Fsp3) is 0.692. The molecule has 1 aromatic rings. The van der Waals surface area contributed by atoms with Crippen LogP contribution in [0.15, 0.2) is 10.5 Å². The topological polar surface area (TPSA) is 20.2 Å². The van der Waals surface area contributed by atoms with Gasteiger partial charge in [0.05, 0.1) is 6.10 Å². The molecule has 1 atom stereocenters. The molecule has 0 aliphatic heterocycles. The first kappa shape index (κ1) is 14.2. The van der Waals surface area contributed by atoms with Gasteiger partial charge in [0.15, 0.2) is 0 Å². The van der Waals surface area contributed by atoms with E-state index in [2.05, 4.69) is 35.8 Å². The van der Waals surface area contributed by atoms with Gasteiger partial charge in [-0.3, -0.25) is 0 Å². The normalized spacial score (nSPS) is 13.0. The Morgan fingerprint density at radius 2 is 2.00 bits per heavy atom. The fourth-order valence-corrected chi connectivity index (χ4v) is 3.31. The van der Waals surface area contributed by atoms with Gasteiger partial charge in [0.2, 0.25) is 0 Å². The Labute approximate surface area is 111 Å². The summed E-state index contributed by atoms with van der Waals surface area (Å²) in [4.78, 5) is 2.35.